The van der Waals surface area contributed by atoms with E-state index in [2.05, 4.69) is 0 Å². The van der Waals surface area contributed by atoms with Crippen molar-refractivity contribution >= 4 is 15.6 Å². The molecule has 0 atom stereocenters. The Hall–Kier alpha value is -2.79. The van der Waals surface area contributed by atoms with Gasteiger partial charge >= 0.3 is 0 Å². The van der Waals surface area contributed by atoms with Gasteiger partial charge in [0.25, 0.3) is 5.69 Å². The van der Waals surface area contributed by atoms with Crippen LogP contribution in [0, 0.1) is 10.1 Å². The van der Waals surface area contributed by atoms with Crippen LogP contribution in [0.3, 0.4) is 0 Å². The number of hydrogen-bond acceptors (Lipinski definition) is 3. The molecule has 3 rings (SSSR count). The van der Waals surface area contributed by atoms with Crippen LogP contribution in [0.15, 0.2) is 99.6 Å². The average Bonchev–Trinajstić information content (AvgIpc) is 2.62. The van der Waals surface area contributed by atoms with Crippen LogP contribution in [-0.4, -0.2) is 4.92 Å². The molecular formula is C18H14NO3S+. The Morgan fingerprint density at radius 3 is 1.43 bits per heavy atom. The van der Waals surface area contributed by atoms with Gasteiger partial charge in [0.15, 0.2) is 24.6 Å². The van der Waals surface area contributed by atoms with Crippen molar-refractivity contribution in [2.24, 2.45) is 0 Å². The molecule has 0 saturated carbocycles. The van der Waals surface area contributed by atoms with Crippen molar-refractivity contribution in [1.82, 2.24) is 0 Å². The summed E-state index contributed by atoms with van der Waals surface area (Å²) in [5.74, 6) is 0. The molecule has 0 N–H and O–H groups in total. The zero-order valence-corrected chi connectivity index (χ0v) is 13.0. The third kappa shape index (κ3) is 2.78. The molecule has 114 valence electrons. The van der Waals surface area contributed by atoms with E-state index in [-0.39, 0.29) is 5.69 Å². The quantitative estimate of drug-likeness (QED) is 0.401. The van der Waals surface area contributed by atoms with E-state index in [1.165, 1.54) is 12.1 Å². The Kier molecular flexibility index (Phi) is 4.04. The minimum absolute atomic E-state index is 0.0170. The number of nitro benzene ring substituents is 1. The highest BCUT2D eigenvalue weighted by Crippen LogP contribution is 2.36. The first-order valence-corrected chi connectivity index (χ1v) is 8.57. The molecule has 0 aromatic heterocycles. The van der Waals surface area contributed by atoms with Crippen molar-refractivity contribution in [2.45, 2.75) is 14.7 Å². The lowest BCUT2D eigenvalue weighted by atomic mass is 10.3. The second-order valence-corrected chi connectivity index (χ2v) is 7.46. The molecule has 0 bridgehead atoms. The largest absolute Gasteiger partial charge is 0.269 e. The highest BCUT2D eigenvalue weighted by molar-refractivity contribution is 8.03. The first-order valence-electron chi connectivity index (χ1n) is 7.01. The van der Waals surface area contributed by atoms with Gasteiger partial charge in [-0.25, -0.2) is 0 Å². The first-order chi connectivity index (χ1) is 11.1. The predicted octanol–water partition coefficient (Wildman–Crippen LogP) is 4.57. The lowest BCUT2D eigenvalue weighted by molar-refractivity contribution is -0.384. The topological polar surface area (TPSA) is 60.2 Å². The Balaban J connectivity index is 2.21. The standard InChI is InChI=1S/C18H14NO3S/c20-19(21)15-11-13-18(14-12-15)23(22,16-7-3-1-4-8-16)17-9-5-2-6-10-17/h1-14H/q+1. The molecule has 4 nitrogen and oxygen atoms in total. The summed E-state index contributed by atoms with van der Waals surface area (Å²) < 4.78 is 13.9. The summed E-state index contributed by atoms with van der Waals surface area (Å²) in [7, 11) is -2.69. The zero-order valence-electron chi connectivity index (χ0n) is 12.2. The lowest BCUT2D eigenvalue weighted by Gasteiger charge is -2.11. The molecule has 0 aliphatic rings. The monoisotopic (exact) mass is 324 g/mol. The summed E-state index contributed by atoms with van der Waals surface area (Å²) in [6.45, 7) is 0. The SMILES string of the molecule is O=[N+]([O-])c1ccc([S+](=O)(c2ccccc2)c2ccccc2)cc1. The summed E-state index contributed by atoms with van der Waals surface area (Å²) in [6, 6.07) is 24.3. The van der Waals surface area contributed by atoms with Crippen LogP contribution in [0.5, 0.6) is 0 Å². The molecule has 0 unspecified atom stereocenters. The molecule has 0 saturated heterocycles. The third-order valence-electron chi connectivity index (χ3n) is 3.53. The van der Waals surface area contributed by atoms with Crippen molar-refractivity contribution in [3.63, 3.8) is 0 Å². The van der Waals surface area contributed by atoms with Crippen molar-refractivity contribution < 1.29 is 9.13 Å². The van der Waals surface area contributed by atoms with E-state index in [0.717, 1.165) is 0 Å². The second-order valence-electron chi connectivity index (χ2n) is 4.93. The number of nitrogens with zero attached hydrogens (tertiary/aromatic N) is 1. The van der Waals surface area contributed by atoms with Gasteiger partial charge in [-0.3, -0.25) is 10.1 Å². The van der Waals surface area contributed by atoms with E-state index < -0.39 is 14.9 Å². The van der Waals surface area contributed by atoms with Crippen molar-refractivity contribution in [3.05, 3.63) is 95.0 Å². The number of hydrogen-bond donors (Lipinski definition) is 0. The fraction of sp³-hybridized carbons (Fsp3) is 0. The van der Waals surface area contributed by atoms with Crippen LogP contribution < -0.4 is 0 Å². The van der Waals surface area contributed by atoms with Gasteiger partial charge in [0.1, 0.15) is 0 Å². The second kappa shape index (κ2) is 6.14. The average molecular weight is 324 g/mol. The molecule has 5 heteroatoms. The Labute approximate surface area is 135 Å². The normalized spacial score (nSPS) is 11.1. The van der Waals surface area contributed by atoms with Crippen LogP contribution in [0.25, 0.3) is 0 Å². The van der Waals surface area contributed by atoms with Gasteiger partial charge in [0, 0.05) is 24.3 Å². The van der Waals surface area contributed by atoms with Crippen LogP contribution >= 0.6 is 0 Å². The van der Waals surface area contributed by atoms with E-state index in [4.69, 9.17) is 0 Å². The maximum Gasteiger partial charge on any atom is 0.269 e. The van der Waals surface area contributed by atoms with E-state index in [0.29, 0.717) is 14.7 Å². The van der Waals surface area contributed by atoms with Crippen LogP contribution in [0.1, 0.15) is 0 Å². The van der Waals surface area contributed by atoms with Gasteiger partial charge in [-0.05, 0) is 24.3 Å². The maximum absolute atomic E-state index is 13.9. The van der Waals surface area contributed by atoms with Crippen LogP contribution in [-0.2, 0) is 14.1 Å². The van der Waals surface area contributed by atoms with Gasteiger partial charge in [-0.1, -0.05) is 40.6 Å². The molecule has 0 fully saturated rings. The lowest BCUT2D eigenvalue weighted by Crippen LogP contribution is -2.12. The molecule has 0 heterocycles. The van der Waals surface area contributed by atoms with Gasteiger partial charge in [0.05, 0.1) is 4.92 Å². The molecule has 3 aromatic rings. The molecule has 0 aliphatic carbocycles. The number of nitro groups is 1. The van der Waals surface area contributed by atoms with Crippen molar-refractivity contribution in [1.29, 1.82) is 0 Å². The molecule has 0 aliphatic heterocycles. The van der Waals surface area contributed by atoms with Gasteiger partial charge in [0.2, 0.25) is 0 Å². The minimum Gasteiger partial charge on any atom is -0.258 e. The maximum atomic E-state index is 13.9. The van der Waals surface area contributed by atoms with E-state index in [1.54, 1.807) is 12.1 Å². The Bertz CT molecular complexity index is 818. The fourth-order valence-corrected chi connectivity index (χ4v) is 4.81. The Morgan fingerprint density at radius 1 is 0.652 bits per heavy atom. The molecule has 0 radical (unpaired) electrons. The van der Waals surface area contributed by atoms with E-state index >= 15 is 0 Å². The number of rotatable bonds is 4. The predicted molar refractivity (Wildman–Crippen MR) is 88.8 cm³/mol. The van der Waals surface area contributed by atoms with Gasteiger partial charge in [-0.15, -0.1) is 0 Å². The fourth-order valence-electron chi connectivity index (χ4n) is 2.39. The van der Waals surface area contributed by atoms with E-state index in [1.807, 2.05) is 60.7 Å². The molecule has 0 amide bonds. The molecule has 0 spiro atoms. The van der Waals surface area contributed by atoms with Crippen LogP contribution in [0.2, 0.25) is 0 Å². The third-order valence-corrected chi connectivity index (χ3v) is 6.34. The van der Waals surface area contributed by atoms with Crippen molar-refractivity contribution in [2.75, 3.05) is 0 Å². The first kappa shape index (κ1) is 15.1. The van der Waals surface area contributed by atoms with E-state index in [9.17, 15) is 14.3 Å². The molecule has 3 aromatic carbocycles. The smallest absolute Gasteiger partial charge is 0.258 e. The van der Waals surface area contributed by atoms with Crippen LogP contribution in [0.4, 0.5) is 5.69 Å². The summed E-state index contributed by atoms with van der Waals surface area (Å²) in [6.07, 6.45) is 0. The summed E-state index contributed by atoms with van der Waals surface area (Å²) in [5, 5.41) is 10.8. The number of non-ortho nitro benzene ring substituents is 1. The summed E-state index contributed by atoms with van der Waals surface area (Å²) in [4.78, 5) is 12.3. The number of benzene rings is 3. The Morgan fingerprint density at radius 2 is 1.04 bits per heavy atom. The minimum atomic E-state index is -2.69. The van der Waals surface area contributed by atoms with Gasteiger partial charge in [-0.2, -0.15) is 0 Å². The summed E-state index contributed by atoms with van der Waals surface area (Å²) in [5.41, 5.74) is -0.0170. The molecule has 23 heavy (non-hydrogen) atoms. The highest BCUT2D eigenvalue weighted by Gasteiger charge is 2.37. The van der Waals surface area contributed by atoms with Crippen molar-refractivity contribution in [3.8, 4) is 0 Å². The molecular weight excluding hydrogens is 310 g/mol. The summed E-state index contributed by atoms with van der Waals surface area (Å²) >= 11 is 0. The highest BCUT2D eigenvalue weighted by atomic mass is 32.2. The zero-order chi connectivity index (χ0) is 16.3. The van der Waals surface area contributed by atoms with Gasteiger partial charge < -0.3 is 0 Å².